The van der Waals surface area contributed by atoms with Crippen molar-refractivity contribution in [2.24, 2.45) is 0 Å². The normalized spacial score (nSPS) is 24.7. The van der Waals surface area contributed by atoms with Gasteiger partial charge in [-0.15, -0.1) is 0 Å². The molecule has 6 nitrogen and oxygen atoms in total. The van der Waals surface area contributed by atoms with Crippen LogP contribution in [0.3, 0.4) is 0 Å². The predicted molar refractivity (Wildman–Crippen MR) is 46.0 cm³/mol. The molecule has 1 rings (SSSR count). The first-order valence-electron chi connectivity index (χ1n) is 4.59. The van der Waals surface area contributed by atoms with Gasteiger partial charge in [0.2, 0.25) is 0 Å². The zero-order valence-corrected chi connectivity index (χ0v) is 8.48. The lowest BCUT2D eigenvalue weighted by Gasteiger charge is -2.28. The highest BCUT2D eigenvalue weighted by Crippen LogP contribution is 2.23. The molecule has 9 heteroatoms. The highest BCUT2D eigenvalue weighted by molar-refractivity contribution is 5.85. The van der Waals surface area contributed by atoms with Gasteiger partial charge in [-0.25, -0.2) is 0 Å². The van der Waals surface area contributed by atoms with E-state index in [0.717, 1.165) is 0 Å². The number of aliphatic hydroxyl groups is 1. The molecular formula is C8H10F3NO5. The molecule has 0 unspecified atom stereocenters. The summed E-state index contributed by atoms with van der Waals surface area (Å²) in [6.45, 7) is -1.69. The highest BCUT2D eigenvalue weighted by atomic mass is 19.4. The average molecular weight is 257 g/mol. The number of carboxylic acid groups (broad SMARTS) is 1. The van der Waals surface area contributed by atoms with Crippen LogP contribution in [0.2, 0.25) is 0 Å². The molecule has 1 aliphatic heterocycles. The molecule has 0 aliphatic carbocycles. The molecule has 0 radical (unpaired) electrons. The summed E-state index contributed by atoms with van der Waals surface area (Å²) < 4.78 is 41.4. The number of halogens is 3. The lowest BCUT2D eigenvalue weighted by atomic mass is 10.1. The number of carbonyl (C=O) groups is 2. The molecule has 2 atom stereocenters. The van der Waals surface area contributed by atoms with E-state index in [2.05, 4.69) is 0 Å². The van der Waals surface area contributed by atoms with Crippen molar-refractivity contribution in [2.75, 3.05) is 19.8 Å². The fourth-order valence-corrected chi connectivity index (χ4v) is 1.48. The van der Waals surface area contributed by atoms with Crippen molar-refractivity contribution in [3.63, 3.8) is 0 Å². The number of hydrogen-bond donors (Lipinski definition) is 2. The van der Waals surface area contributed by atoms with Crippen LogP contribution in [0, 0.1) is 0 Å². The monoisotopic (exact) mass is 257 g/mol. The molecule has 0 saturated carbocycles. The van der Waals surface area contributed by atoms with E-state index in [1.54, 1.807) is 0 Å². The Labute approximate surface area is 93.6 Å². The first-order valence-corrected chi connectivity index (χ1v) is 4.59. The van der Waals surface area contributed by atoms with E-state index in [-0.39, 0.29) is 18.1 Å². The van der Waals surface area contributed by atoms with Gasteiger partial charge in [-0.3, -0.25) is 9.59 Å². The van der Waals surface area contributed by atoms with Gasteiger partial charge in [0.25, 0.3) is 0 Å². The Morgan fingerprint density at radius 1 is 1.35 bits per heavy atom. The van der Waals surface area contributed by atoms with Crippen LogP contribution in [0.25, 0.3) is 0 Å². The Kier molecular flexibility index (Phi) is 3.94. The number of nitrogens with zero attached hydrogens (tertiary/aromatic N) is 1. The molecule has 1 amide bonds. The van der Waals surface area contributed by atoms with Gasteiger partial charge in [0.05, 0.1) is 25.4 Å². The summed E-state index contributed by atoms with van der Waals surface area (Å²) in [5, 5.41) is 17.8. The zero-order valence-electron chi connectivity index (χ0n) is 8.48. The van der Waals surface area contributed by atoms with Crippen LogP contribution in [0.1, 0.15) is 0 Å². The summed E-state index contributed by atoms with van der Waals surface area (Å²) in [7, 11) is 0. The molecule has 1 fully saturated rings. The van der Waals surface area contributed by atoms with E-state index in [9.17, 15) is 27.9 Å². The van der Waals surface area contributed by atoms with Gasteiger partial charge in [0.15, 0.2) is 0 Å². The fourth-order valence-electron chi connectivity index (χ4n) is 1.48. The summed E-state index contributed by atoms with van der Waals surface area (Å²) in [6, 6.07) is -1.29. The van der Waals surface area contributed by atoms with Crippen molar-refractivity contribution in [1.29, 1.82) is 0 Å². The van der Waals surface area contributed by atoms with Crippen LogP contribution in [0.15, 0.2) is 0 Å². The second kappa shape index (κ2) is 4.88. The summed E-state index contributed by atoms with van der Waals surface area (Å²) >= 11 is 0. The Hall–Kier alpha value is -1.35. The Bertz CT molecular complexity index is 319. The second-order valence-electron chi connectivity index (χ2n) is 3.50. The zero-order chi connectivity index (χ0) is 13.2. The van der Waals surface area contributed by atoms with Crippen LogP contribution in [0.4, 0.5) is 13.2 Å². The van der Waals surface area contributed by atoms with Crippen molar-refractivity contribution in [2.45, 2.75) is 18.3 Å². The number of aliphatic hydroxyl groups excluding tert-OH is 1. The van der Waals surface area contributed by atoms with Crippen molar-refractivity contribution >= 4 is 11.9 Å². The molecule has 2 N–H and O–H groups in total. The van der Waals surface area contributed by atoms with Gasteiger partial charge in [-0.2, -0.15) is 13.2 Å². The van der Waals surface area contributed by atoms with E-state index in [1.807, 2.05) is 0 Å². The molecule has 17 heavy (non-hydrogen) atoms. The van der Waals surface area contributed by atoms with Crippen molar-refractivity contribution in [1.82, 2.24) is 4.90 Å². The average Bonchev–Trinajstić information content (AvgIpc) is 2.58. The fraction of sp³-hybridized carbons (Fsp3) is 0.750. The third-order valence-electron chi connectivity index (χ3n) is 2.23. The molecule has 1 aliphatic rings. The van der Waals surface area contributed by atoms with E-state index in [4.69, 9.17) is 9.84 Å². The number of alkyl halides is 3. The Balaban J connectivity index is 2.87. The number of ether oxygens (including phenoxy) is 1. The smallest absolute Gasteiger partial charge is 0.471 e. The van der Waals surface area contributed by atoms with Gasteiger partial charge in [0.1, 0.15) is 6.54 Å². The number of rotatable bonds is 3. The lowest BCUT2D eigenvalue weighted by Crippen LogP contribution is -2.53. The number of carbonyl (C=O) groups excluding carboxylic acids is 1. The minimum atomic E-state index is -5.18. The standard InChI is InChI=1S/C8H10F3NO5/c9-8(10,11)7(16)12(1-6(14)15)4-2-17-3-5(4)13/h4-5,13H,1-3H2,(H,14,15)/t4-,5-/m1/s1. The second-order valence-corrected chi connectivity index (χ2v) is 3.50. The molecule has 1 heterocycles. The molecule has 0 aromatic heterocycles. The maximum absolute atomic E-state index is 12.2. The maximum Gasteiger partial charge on any atom is 0.471 e. The number of carboxylic acids is 1. The van der Waals surface area contributed by atoms with E-state index in [1.165, 1.54) is 0 Å². The van der Waals surface area contributed by atoms with Gasteiger partial charge in [-0.1, -0.05) is 0 Å². The quantitative estimate of drug-likeness (QED) is 0.692. The molecule has 98 valence electrons. The van der Waals surface area contributed by atoms with Crippen molar-refractivity contribution in [3.8, 4) is 0 Å². The Morgan fingerprint density at radius 3 is 2.29 bits per heavy atom. The van der Waals surface area contributed by atoms with E-state index >= 15 is 0 Å². The van der Waals surface area contributed by atoms with Gasteiger partial charge < -0.3 is 19.8 Å². The van der Waals surface area contributed by atoms with E-state index in [0.29, 0.717) is 0 Å². The number of amides is 1. The lowest BCUT2D eigenvalue weighted by molar-refractivity contribution is -0.190. The molecular weight excluding hydrogens is 247 g/mol. The molecule has 0 bridgehead atoms. The maximum atomic E-state index is 12.2. The highest BCUT2D eigenvalue weighted by Gasteiger charge is 2.47. The van der Waals surface area contributed by atoms with Crippen LogP contribution in [-0.2, 0) is 14.3 Å². The summed E-state index contributed by atoms with van der Waals surface area (Å²) in [5.41, 5.74) is 0. The molecule has 1 saturated heterocycles. The summed E-state index contributed by atoms with van der Waals surface area (Å²) in [5.74, 6) is -3.89. The van der Waals surface area contributed by atoms with Crippen LogP contribution >= 0.6 is 0 Å². The first-order chi connectivity index (χ1) is 7.73. The summed E-state index contributed by atoms with van der Waals surface area (Å²) in [4.78, 5) is 21.5. The molecule has 0 aromatic rings. The summed E-state index contributed by atoms with van der Waals surface area (Å²) in [6.07, 6.45) is -6.50. The number of hydrogen-bond acceptors (Lipinski definition) is 4. The molecule has 0 aromatic carbocycles. The SMILES string of the molecule is O=C(O)CN(C(=O)C(F)(F)F)[C@@H]1COC[C@H]1O. The number of aliphatic carboxylic acids is 1. The third kappa shape index (κ3) is 3.30. The third-order valence-corrected chi connectivity index (χ3v) is 2.23. The minimum absolute atomic E-state index is 0.0694. The van der Waals surface area contributed by atoms with Gasteiger partial charge in [0, 0.05) is 0 Å². The topological polar surface area (TPSA) is 87.1 Å². The van der Waals surface area contributed by atoms with Crippen LogP contribution < -0.4 is 0 Å². The van der Waals surface area contributed by atoms with Crippen molar-refractivity contribution < 1.29 is 37.7 Å². The minimum Gasteiger partial charge on any atom is -0.480 e. The molecule has 0 spiro atoms. The van der Waals surface area contributed by atoms with Gasteiger partial charge >= 0.3 is 18.1 Å². The van der Waals surface area contributed by atoms with Crippen molar-refractivity contribution in [3.05, 3.63) is 0 Å². The van der Waals surface area contributed by atoms with Crippen LogP contribution in [0.5, 0.6) is 0 Å². The first kappa shape index (κ1) is 13.7. The Morgan fingerprint density at radius 2 is 1.94 bits per heavy atom. The largest absolute Gasteiger partial charge is 0.480 e. The van der Waals surface area contributed by atoms with Crippen LogP contribution in [-0.4, -0.2) is 65.1 Å². The predicted octanol–water partition coefficient (Wildman–Crippen LogP) is -0.778. The van der Waals surface area contributed by atoms with Gasteiger partial charge in [-0.05, 0) is 0 Å². The van der Waals surface area contributed by atoms with E-state index < -0.39 is 36.7 Å².